The van der Waals surface area contributed by atoms with Gasteiger partial charge in [-0.3, -0.25) is 4.79 Å². The molecule has 234 valence electrons. The summed E-state index contributed by atoms with van der Waals surface area (Å²) >= 11 is 0. The van der Waals surface area contributed by atoms with E-state index in [0.717, 1.165) is 0 Å². The number of hydrogen-bond acceptors (Lipinski definition) is 15. The predicted molar refractivity (Wildman–Crippen MR) is 144 cm³/mol. The van der Waals surface area contributed by atoms with Crippen LogP contribution >= 0.6 is 0 Å². The van der Waals surface area contributed by atoms with E-state index < -0.39 is 73.1 Å². The molecule has 0 spiro atoms. The molecule has 7 N–H and O–H groups in total. The van der Waals surface area contributed by atoms with E-state index in [1.165, 1.54) is 26.5 Å². The minimum Gasteiger partial charge on any atom is -0.504 e. The minimum atomic E-state index is -1.80. The number of aliphatic hydroxyl groups is 6. The van der Waals surface area contributed by atoms with Gasteiger partial charge in [0.1, 0.15) is 65.7 Å². The van der Waals surface area contributed by atoms with Crippen LogP contribution in [0, 0.1) is 0 Å². The summed E-state index contributed by atoms with van der Waals surface area (Å²) in [5.74, 6) is -0.572. The van der Waals surface area contributed by atoms with Crippen molar-refractivity contribution in [1.29, 1.82) is 0 Å². The molecule has 1 aromatic heterocycles. The molecule has 3 aromatic rings. The average molecular weight is 609 g/mol. The fourth-order valence-electron chi connectivity index (χ4n) is 4.87. The van der Waals surface area contributed by atoms with Crippen molar-refractivity contribution in [2.24, 2.45) is 0 Å². The number of aliphatic hydroxyl groups excluding tert-OH is 6. The highest BCUT2D eigenvalue weighted by Gasteiger charge is 2.47. The fraction of sp³-hybridized carbons (Fsp3) is 0.464. The maximum absolute atomic E-state index is 13.4. The zero-order valence-corrected chi connectivity index (χ0v) is 23.0. The van der Waals surface area contributed by atoms with E-state index in [0.29, 0.717) is 11.3 Å². The smallest absolute Gasteiger partial charge is 0.229 e. The summed E-state index contributed by atoms with van der Waals surface area (Å²) in [6, 6.07) is 7.85. The highest BCUT2D eigenvalue weighted by Crippen LogP contribution is 2.43. The second-order valence-electron chi connectivity index (χ2n) is 10.1. The lowest BCUT2D eigenvalue weighted by molar-refractivity contribution is -0.307. The lowest BCUT2D eigenvalue weighted by atomic mass is 9.99. The monoisotopic (exact) mass is 608 g/mol. The number of benzene rings is 2. The average Bonchev–Trinajstić information content (AvgIpc) is 3.00. The van der Waals surface area contributed by atoms with Gasteiger partial charge in [0.05, 0.1) is 33.0 Å². The van der Waals surface area contributed by atoms with Crippen molar-refractivity contribution in [2.75, 3.05) is 27.4 Å². The number of phenolic OH excluding ortho intramolecular Hbond substituents is 1. The summed E-state index contributed by atoms with van der Waals surface area (Å²) in [4.78, 5) is 13.4. The number of phenols is 1. The molecule has 2 saturated heterocycles. The summed E-state index contributed by atoms with van der Waals surface area (Å²) in [6.45, 7) is -0.828. The number of fused-ring (bicyclic) bond motifs is 1. The standard InChI is InChI=1S/C28H32O15/c1-37-12-5-3-11(4-6-12)13-8-39-15-7-16(26(38-2)22(33)18(15)19(13)30)42-28-25(36)23(34)21(32)17(43-28)10-41-27-24(35)20(31)14(29)9-40-27/h3-8,14,17,20-21,23-25,27-29,31-36H,9-10H2,1-2H3/t14-,17+,20-,21+,23-,24-,25+,27-,28+/m0/s1. The van der Waals surface area contributed by atoms with E-state index in [-0.39, 0.29) is 34.6 Å². The van der Waals surface area contributed by atoms with Crippen LogP contribution in [-0.2, 0) is 14.2 Å². The molecule has 0 bridgehead atoms. The maximum Gasteiger partial charge on any atom is 0.229 e. The Bertz CT molecular complexity index is 1470. The highest BCUT2D eigenvalue weighted by atomic mass is 16.7. The van der Waals surface area contributed by atoms with Crippen LogP contribution < -0.4 is 19.6 Å². The van der Waals surface area contributed by atoms with Crippen LogP contribution in [0.3, 0.4) is 0 Å². The van der Waals surface area contributed by atoms with E-state index in [1.54, 1.807) is 24.3 Å². The van der Waals surface area contributed by atoms with Crippen molar-refractivity contribution in [3.8, 4) is 34.1 Å². The normalized spacial score (nSPS) is 31.1. The molecule has 15 heteroatoms. The largest absolute Gasteiger partial charge is 0.504 e. The third-order valence-electron chi connectivity index (χ3n) is 7.36. The van der Waals surface area contributed by atoms with E-state index in [9.17, 15) is 40.5 Å². The van der Waals surface area contributed by atoms with Gasteiger partial charge in [-0.05, 0) is 17.7 Å². The van der Waals surface area contributed by atoms with E-state index in [2.05, 4.69) is 0 Å². The quantitative estimate of drug-likeness (QED) is 0.160. The molecule has 2 aromatic carbocycles. The molecule has 0 saturated carbocycles. The van der Waals surface area contributed by atoms with Gasteiger partial charge in [0, 0.05) is 6.07 Å². The molecular formula is C28H32O15. The molecule has 9 atom stereocenters. The Labute approximate surface area is 243 Å². The molecule has 5 rings (SSSR count). The summed E-state index contributed by atoms with van der Waals surface area (Å²) in [5.41, 5.74) is 0.00139. The number of methoxy groups -OCH3 is 2. The molecule has 2 aliphatic rings. The Balaban J connectivity index is 1.39. The summed E-state index contributed by atoms with van der Waals surface area (Å²) in [7, 11) is 2.71. The van der Waals surface area contributed by atoms with Crippen molar-refractivity contribution in [3.05, 3.63) is 46.8 Å². The van der Waals surface area contributed by atoms with Gasteiger partial charge >= 0.3 is 0 Å². The number of hydrogen-bond donors (Lipinski definition) is 7. The van der Waals surface area contributed by atoms with Gasteiger partial charge in [-0.15, -0.1) is 0 Å². The molecule has 0 aliphatic carbocycles. The molecule has 0 unspecified atom stereocenters. The first-order chi connectivity index (χ1) is 20.5. The minimum absolute atomic E-state index is 0.0921. The SMILES string of the molecule is COc1ccc(-c2coc3cc(O[C@@H]4O[C@H](CO[C@@H]5OC[C@H](O)[C@H](O)[C@@H]5O)[C@@H](O)[C@H](O)[C@H]4O)c(OC)c(O)c3c2=O)cc1. The lowest BCUT2D eigenvalue weighted by Gasteiger charge is -2.41. The van der Waals surface area contributed by atoms with Gasteiger partial charge < -0.3 is 68.6 Å². The van der Waals surface area contributed by atoms with Crippen molar-refractivity contribution >= 4 is 11.0 Å². The molecule has 3 heterocycles. The Kier molecular flexibility index (Phi) is 9.07. The molecular weight excluding hydrogens is 576 g/mol. The summed E-state index contributed by atoms with van der Waals surface area (Å²) in [6.07, 6.45) is -12.9. The molecule has 43 heavy (non-hydrogen) atoms. The number of aromatic hydroxyl groups is 1. The Morgan fingerprint density at radius 3 is 2.26 bits per heavy atom. The van der Waals surface area contributed by atoms with Crippen LogP contribution in [0.5, 0.6) is 23.0 Å². The molecule has 0 radical (unpaired) electrons. The molecule has 2 fully saturated rings. The first-order valence-electron chi connectivity index (χ1n) is 13.2. The van der Waals surface area contributed by atoms with Crippen LogP contribution in [0.4, 0.5) is 0 Å². The Morgan fingerprint density at radius 1 is 0.884 bits per heavy atom. The summed E-state index contributed by atoms with van der Waals surface area (Å²) < 4.78 is 38.0. The van der Waals surface area contributed by atoms with E-state index in [1.807, 2.05) is 0 Å². The fourth-order valence-corrected chi connectivity index (χ4v) is 4.87. The maximum atomic E-state index is 13.4. The summed E-state index contributed by atoms with van der Waals surface area (Å²) in [5, 5.41) is 71.9. The zero-order valence-electron chi connectivity index (χ0n) is 23.0. The molecule has 2 aliphatic heterocycles. The third-order valence-corrected chi connectivity index (χ3v) is 7.36. The van der Waals surface area contributed by atoms with E-state index >= 15 is 0 Å². The van der Waals surface area contributed by atoms with Crippen LogP contribution in [-0.4, -0.2) is 118 Å². The second kappa shape index (κ2) is 12.6. The topological polar surface area (TPSA) is 227 Å². The molecule has 0 amide bonds. The van der Waals surface area contributed by atoms with Crippen LogP contribution in [0.2, 0.25) is 0 Å². The third kappa shape index (κ3) is 5.86. The first kappa shape index (κ1) is 30.9. The highest BCUT2D eigenvalue weighted by molar-refractivity contribution is 5.91. The zero-order chi connectivity index (χ0) is 31.0. The number of ether oxygens (including phenoxy) is 6. The first-order valence-corrected chi connectivity index (χ1v) is 13.2. The van der Waals surface area contributed by atoms with Gasteiger partial charge in [0.15, 0.2) is 17.8 Å². The molecule has 15 nitrogen and oxygen atoms in total. The number of rotatable bonds is 8. The van der Waals surface area contributed by atoms with Crippen molar-refractivity contribution in [3.63, 3.8) is 0 Å². The van der Waals surface area contributed by atoms with Gasteiger partial charge in [0.25, 0.3) is 0 Å². The second-order valence-corrected chi connectivity index (χ2v) is 10.1. The van der Waals surface area contributed by atoms with Gasteiger partial charge in [0.2, 0.25) is 17.5 Å². The van der Waals surface area contributed by atoms with Crippen LogP contribution in [0.15, 0.2) is 45.8 Å². The van der Waals surface area contributed by atoms with Crippen LogP contribution in [0.25, 0.3) is 22.1 Å². The lowest BCUT2D eigenvalue weighted by Crippen LogP contribution is -2.61. The predicted octanol–water partition coefficient (Wildman–Crippen LogP) is -1.18. The van der Waals surface area contributed by atoms with E-state index in [4.69, 9.17) is 32.8 Å². The van der Waals surface area contributed by atoms with Gasteiger partial charge in [-0.25, -0.2) is 0 Å². The Hall–Kier alpha value is -3.51. The van der Waals surface area contributed by atoms with Crippen molar-refractivity contribution in [1.82, 2.24) is 0 Å². The Morgan fingerprint density at radius 2 is 1.58 bits per heavy atom. The van der Waals surface area contributed by atoms with Gasteiger partial charge in [-0.1, -0.05) is 12.1 Å². The van der Waals surface area contributed by atoms with Crippen molar-refractivity contribution in [2.45, 2.75) is 55.3 Å². The van der Waals surface area contributed by atoms with Crippen LogP contribution in [0.1, 0.15) is 0 Å². The van der Waals surface area contributed by atoms with Gasteiger partial charge in [-0.2, -0.15) is 0 Å². The van der Waals surface area contributed by atoms with Crippen molar-refractivity contribution < 1.29 is 68.6 Å².